The molecule has 19 nitrogen and oxygen atoms in total. The first-order valence-electron chi connectivity index (χ1n) is 23.6. The SMILES string of the molecule is CCC/C=C\C/C=C\CCCCCCCC(=O)OC[C@@H]1COP(=O)(O)O[C@H]2[C@H](O)[C@@H](O)[C@H](O)[C@@H](CCCCCCC(=O)O1)[C@@H](O)CC(=O)[C@H](C=C[C@@H](O)CCCCC)[C@@H](O)[C@H]2OP(=O)(O)O. The first kappa shape index (κ1) is 59.9. The van der Waals surface area contributed by atoms with Crippen LogP contribution in [0.15, 0.2) is 36.5 Å². The van der Waals surface area contributed by atoms with Gasteiger partial charge in [0.1, 0.15) is 36.8 Å². The number of hydrogen-bond donors (Lipinski definition) is 9. The Morgan fingerprint density at radius 2 is 1.53 bits per heavy atom. The van der Waals surface area contributed by atoms with Crippen LogP contribution in [-0.4, -0.2) is 131 Å². The highest BCUT2D eigenvalue weighted by atomic mass is 31.2. The number of phosphoric ester groups is 2. The molecule has 9 N–H and O–H groups in total. The molecule has 2 fully saturated rings. The summed E-state index contributed by atoms with van der Waals surface area (Å²) in [5.74, 6) is -5.63. The van der Waals surface area contributed by atoms with Gasteiger partial charge in [0, 0.05) is 25.2 Å². The van der Waals surface area contributed by atoms with Crippen LogP contribution in [0.2, 0.25) is 0 Å². The molecule has 21 heteroatoms. The number of esters is 2. The fourth-order valence-corrected chi connectivity index (χ4v) is 9.34. The first-order chi connectivity index (χ1) is 31.3. The van der Waals surface area contributed by atoms with Gasteiger partial charge < -0.3 is 54.8 Å². The number of fused-ring (bicyclic) bond motifs is 4. The third-order valence-electron chi connectivity index (χ3n) is 11.6. The number of aliphatic hydroxyl groups excluding tert-OH is 6. The van der Waals surface area contributed by atoms with Crippen molar-refractivity contribution in [3.8, 4) is 0 Å². The number of cyclic esters (lactones) is 1. The molecule has 0 radical (unpaired) electrons. The zero-order valence-electron chi connectivity index (χ0n) is 38.6. The van der Waals surface area contributed by atoms with Gasteiger partial charge in [0.15, 0.2) is 6.10 Å². The molecule has 1 saturated carbocycles. The molecular formula is C45H78O19P2. The number of allylic oxidation sites excluding steroid dienone is 4. The summed E-state index contributed by atoms with van der Waals surface area (Å²) in [7, 11) is -11.5. The van der Waals surface area contributed by atoms with Gasteiger partial charge in [0.25, 0.3) is 0 Å². The van der Waals surface area contributed by atoms with Crippen LogP contribution in [0.3, 0.4) is 0 Å². The molecule has 1 saturated heterocycles. The van der Waals surface area contributed by atoms with Crippen LogP contribution in [0.4, 0.5) is 0 Å². The number of phosphoric acid groups is 2. The van der Waals surface area contributed by atoms with Crippen molar-refractivity contribution in [2.75, 3.05) is 13.2 Å². The van der Waals surface area contributed by atoms with E-state index in [1.165, 1.54) is 0 Å². The summed E-state index contributed by atoms with van der Waals surface area (Å²) in [6, 6.07) is 0. The standard InChI is InChI=1S/C45H78O19P2/c1-3-5-7-8-9-10-11-12-13-14-15-16-21-25-38(49)60-30-33-31-61-66(58,59)64-45-43(54)42(53)40(51)34(24-20-17-18-22-26-39(50)62-33)36(47)29-37(48)35(28-27-32(46)23-19-6-4-2)41(52)44(45)63-65(55,56)57/h7-8,10-11,27-28,32-36,40-47,51-54H,3-6,9,12-26,29-31H2,1-2H3,(H,58,59)(H2,55,56,57)/b8-7-,11-10-,28-27?/t32-,33+,34-,35-,36-,40+,41+,42-,43+,44+,45-/m0/s1. The molecule has 0 aromatic heterocycles. The van der Waals surface area contributed by atoms with Crippen LogP contribution < -0.4 is 0 Å². The molecule has 1 heterocycles. The van der Waals surface area contributed by atoms with Crippen molar-refractivity contribution in [1.29, 1.82) is 0 Å². The monoisotopic (exact) mass is 984 g/mol. The highest BCUT2D eigenvalue weighted by Crippen LogP contribution is 2.49. The number of carbonyl (C=O) groups excluding carboxylic acids is 3. The number of hydrogen-bond acceptors (Lipinski definition) is 16. The van der Waals surface area contributed by atoms with E-state index in [1.807, 2.05) is 6.92 Å². The second kappa shape index (κ2) is 32.6. The van der Waals surface area contributed by atoms with E-state index in [1.54, 1.807) is 0 Å². The lowest BCUT2D eigenvalue weighted by molar-refractivity contribution is -0.165. The Balaban J connectivity index is 2.36. The van der Waals surface area contributed by atoms with Gasteiger partial charge in [0.2, 0.25) is 0 Å². The van der Waals surface area contributed by atoms with Gasteiger partial charge in [-0.05, 0) is 51.4 Å². The average molecular weight is 985 g/mol. The van der Waals surface area contributed by atoms with Gasteiger partial charge in [0.05, 0.1) is 36.9 Å². The van der Waals surface area contributed by atoms with Crippen molar-refractivity contribution < 1.29 is 91.9 Å². The fourth-order valence-electron chi connectivity index (χ4n) is 7.81. The van der Waals surface area contributed by atoms with E-state index in [0.29, 0.717) is 32.1 Å². The number of ketones is 1. The lowest BCUT2D eigenvalue weighted by atomic mass is 9.82. The average Bonchev–Trinajstić information content (AvgIpc) is 3.25. The number of rotatable bonds is 22. The van der Waals surface area contributed by atoms with Crippen molar-refractivity contribution in [3.05, 3.63) is 36.5 Å². The minimum absolute atomic E-state index is 0.0402. The normalized spacial score (nSPS) is 31.2. The van der Waals surface area contributed by atoms with Crippen LogP contribution in [0.25, 0.3) is 0 Å². The van der Waals surface area contributed by atoms with E-state index in [-0.39, 0.29) is 32.1 Å². The molecular weight excluding hydrogens is 906 g/mol. The molecule has 1 unspecified atom stereocenters. The van der Waals surface area contributed by atoms with Gasteiger partial charge in [-0.2, -0.15) is 0 Å². The number of Topliss-reactive ketones (excluding diaryl/α,β-unsaturated/α-hetero) is 1. The smallest absolute Gasteiger partial charge is 0.462 e. The number of ether oxygens (including phenoxy) is 2. The molecule has 0 aromatic carbocycles. The maximum Gasteiger partial charge on any atom is 0.472 e. The Kier molecular flexibility index (Phi) is 29.6. The predicted octanol–water partition coefficient (Wildman–Crippen LogP) is 5.32. The summed E-state index contributed by atoms with van der Waals surface area (Å²) in [6.07, 6.45) is 2.51. The molecule has 2 aliphatic rings. The number of carbonyl (C=O) groups is 3. The van der Waals surface area contributed by atoms with E-state index < -0.39 is 120 Å². The minimum Gasteiger partial charge on any atom is -0.462 e. The Bertz CT molecular complexity index is 1580. The molecule has 0 amide bonds. The summed E-state index contributed by atoms with van der Waals surface area (Å²) in [4.78, 5) is 70.4. The van der Waals surface area contributed by atoms with E-state index in [9.17, 15) is 68.8 Å². The summed E-state index contributed by atoms with van der Waals surface area (Å²) in [5, 5.41) is 68.0. The Hall–Kier alpha value is -2.19. The number of aliphatic hydroxyl groups is 6. The third kappa shape index (κ3) is 24.4. The molecule has 2 rings (SSSR count). The van der Waals surface area contributed by atoms with Gasteiger partial charge in [-0.1, -0.05) is 115 Å². The largest absolute Gasteiger partial charge is 0.472 e. The van der Waals surface area contributed by atoms with E-state index in [4.69, 9.17) is 23.0 Å². The molecule has 382 valence electrons. The summed E-state index contributed by atoms with van der Waals surface area (Å²) in [5.41, 5.74) is 0. The fraction of sp³-hybridized carbons (Fsp3) is 0.800. The first-order valence-corrected chi connectivity index (χ1v) is 26.7. The lowest BCUT2D eigenvalue weighted by Crippen LogP contribution is -2.56. The van der Waals surface area contributed by atoms with Crippen molar-refractivity contribution in [2.24, 2.45) is 11.8 Å². The molecule has 2 bridgehead atoms. The second-order valence-corrected chi connectivity index (χ2v) is 19.9. The van der Waals surface area contributed by atoms with Crippen molar-refractivity contribution in [3.63, 3.8) is 0 Å². The van der Waals surface area contributed by atoms with Gasteiger partial charge in [-0.3, -0.25) is 28.0 Å². The minimum atomic E-state index is -5.79. The molecule has 1 aliphatic heterocycles. The quantitative estimate of drug-likeness (QED) is 0.0287. The van der Waals surface area contributed by atoms with Gasteiger partial charge >= 0.3 is 27.6 Å². The molecule has 12 atom stereocenters. The van der Waals surface area contributed by atoms with Crippen LogP contribution >= 0.6 is 15.6 Å². The number of unbranched alkanes of at least 4 members (excludes halogenated alkanes) is 8. The highest BCUT2D eigenvalue weighted by molar-refractivity contribution is 7.47. The topological polar surface area (TPSA) is 314 Å². The Morgan fingerprint density at radius 1 is 0.848 bits per heavy atom. The molecule has 1 aliphatic carbocycles. The zero-order valence-corrected chi connectivity index (χ0v) is 40.4. The van der Waals surface area contributed by atoms with Crippen LogP contribution in [-0.2, 0) is 46.6 Å². The van der Waals surface area contributed by atoms with Gasteiger partial charge in [-0.15, -0.1) is 0 Å². The Labute approximate surface area is 389 Å². The molecule has 0 aromatic rings. The summed E-state index contributed by atoms with van der Waals surface area (Å²) >= 11 is 0. The van der Waals surface area contributed by atoms with Crippen molar-refractivity contribution in [1.82, 2.24) is 0 Å². The molecule has 0 spiro atoms. The van der Waals surface area contributed by atoms with Crippen LogP contribution in [0, 0.1) is 11.8 Å². The zero-order chi connectivity index (χ0) is 49.1. The highest BCUT2D eigenvalue weighted by Gasteiger charge is 2.51. The van der Waals surface area contributed by atoms with Crippen molar-refractivity contribution in [2.45, 2.75) is 204 Å². The van der Waals surface area contributed by atoms with E-state index in [0.717, 1.165) is 76.4 Å². The summed E-state index contributed by atoms with van der Waals surface area (Å²) < 4.78 is 52.0. The van der Waals surface area contributed by atoms with E-state index >= 15 is 0 Å². The maximum absolute atomic E-state index is 13.9. The summed E-state index contributed by atoms with van der Waals surface area (Å²) in [6.45, 7) is 2.48. The third-order valence-corrected chi connectivity index (χ3v) is 13.1. The van der Waals surface area contributed by atoms with Gasteiger partial charge in [-0.25, -0.2) is 9.13 Å². The Morgan fingerprint density at radius 3 is 2.23 bits per heavy atom. The van der Waals surface area contributed by atoms with Crippen LogP contribution in [0.5, 0.6) is 0 Å². The van der Waals surface area contributed by atoms with E-state index in [2.05, 4.69) is 31.2 Å². The van der Waals surface area contributed by atoms with Crippen LogP contribution in [0.1, 0.15) is 149 Å². The predicted molar refractivity (Wildman–Crippen MR) is 242 cm³/mol. The maximum atomic E-state index is 13.9. The molecule has 66 heavy (non-hydrogen) atoms. The lowest BCUT2D eigenvalue weighted by Gasteiger charge is -2.38. The van der Waals surface area contributed by atoms with Crippen molar-refractivity contribution >= 4 is 33.4 Å². The second-order valence-electron chi connectivity index (χ2n) is 17.3.